The molecule has 0 aromatic heterocycles. The Labute approximate surface area is 221 Å². The van der Waals surface area contributed by atoms with Gasteiger partial charge in [0.2, 0.25) is 5.91 Å². The van der Waals surface area contributed by atoms with Crippen molar-refractivity contribution in [2.45, 2.75) is 57.7 Å². The van der Waals surface area contributed by atoms with Gasteiger partial charge >= 0.3 is 6.18 Å². The lowest BCUT2D eigenvalue weighted by Crippen LogP contribution is -2.43. The Balaban J connectivity index is 1.73. The minimum absolute atomic E-state index is 0.0159. The molecule has 1 fully saturated rings. The summed E-state index contributed by atoms with van der Waals surface area (Å²) in [5, 5.41) is 5.95. The van der Waals surface area contributed by atoms with Gasteiger partial charge in [0.15, 0.2) is 0 Å². The van der Waals surface area contributed by atoms with Gasteiger partial charge in [0.1, 0.15) is 0 Å². The van der Waals surface area contributed by atoms with Gasteiger partial charge in [-0.3, -0.25) is 9.59 Å². The second kappa shape index (κ2) is 11.4. The van der Waals surface area contributed by atoms with E-state index in [1.54, 1.807) is 31.3 Å². The van der Waals surface area contributed by atoms with Crippen LogP contribution in [0.25, 0.3) is 0 Å². The Hall–Kier alpha value is -2.58. The van der Waals surface area contributed by atoms with E-state index in [9.17, 15) is 22.8 Å². The lowest BCUT2D eigenvalue weighted by molar-refractivity contribution is -0.194. The smallest absolute Gasteiger partial charge is 0.355 e. The zero-order valence-electron chi connectivity index (χ0n) is 21.9. The number of rotatable bonds is 10. The highest BCUT2D eigenvalue weighted by Gasteiger charge is 2.67. The van der Waals surface area contributed by atoms with Crippen LogP contribution in [-0.2, 0) is 11.2 Å². The molecule has 0 aliphatic heterocycles. The van der Waals surface area contributed by atoms with Crippen molar-refractivity contribution >= 4 is 23.4 Å². The molecule has 0 bridgehead atoms. The minimum atomic E-state index is -4.39. The van der Waals surface area contributed by atoms with Gasteiger partial charge in [-0.25, -0.2) is 0 Å². The number of hydrogen-bond acceptors (Lipinski definition) is 3. The Bertz CT molecular complexity index is 1110. The number of aryl methyl sites for hydroxylation is 2. The van der Waals surface area contributed by atoms with Crippen LogP contribution < -0.4 is 10.6 Å². The van der Waals surface area contributed by atoms with Crippen LogP contribution in [0.5, 0.6) is 0 Å². The lowest BCUT2D eigenvalue weighted by Gasteiger charge is -2.30. The van der Waals surface area contributed by atoms with E-state index in [2.05, 4.69) is 10.6 Å². The van der Waals surface area contributed by atoms with Crippen molar-refractivity contribution in [2.75, 3.05) is 27.7 Å². The molecule has 2 unspecified atom stereocenters. The van der Waals surface area contributed by atoms with Crippen LogP contribution in [0.2, 0.25) is 5.02 Å². The first-order chi connectivity index (χ1) is 17.3. The normalized spacial score (nSPS) is 16.3. The first-order valence-electron chi connectivity index (χ1n) is 12.4. The van der Waals surface area contributed by atoms with E-state index in [1.807, 2.05) is 45.0 Å². The van der Waals surface area contributed by atoms with Crippen molar-refractivity contribution in [1.82, 2.24) is 15.5 Å². The fraction of sp³-hybridized carbons (Fsp3) is 0.500. The number of likely N-dealkylation sites (N-methyl/N-ethyl adjacent to an activating group) is 1. The summed E-state index contributed by atoms with van der Waals surface area (Å²) in [6.45, 7) is 4.18. The molecule has 5 nitrogen and oxygen atoms in total. The van der Waals surface area contributed by atoms with Crippen molar-refractivity contribution in [3.63, 3.8) is 0 Å². The van der Waals surface area contributed by atoms with Crippen molar-refractivity contribution < 1.29 is 22.8 Å². The Morgan fingerprint density at radius 2 is 1.65 bits per heavy atom. The predicted molar refractivity (Wildman–Crippen MR) is 140 cm³/mol. The number of benzene rings is 2. The summed E-state index contributed by atoms with van der Waals surface area (Å²) in [5.74, 6) is -1.54. The van der Waals surface area contributed by atoms with E-state index in [-0.39, 0.29) is 37.8 Å². The van der Waals surface area contributed by atoms with Crippen LogP contribution in [0, 0.1) is 19.3 Å². The van der Waals surface area contributed by atoms with E-state index in [0.29, 0.717) is 22.6 Å². The largest absolute Gasteiger partial charge is 0.395 e. The topological polar surface area (TPSA) is 61.4 Å². The van der Waals surface area contributed by atoms with Gasteiger partial charge in [-0.05, 0) is 93.7 Å². The summed E-state index contributed by atoms with van der Waals surface area (Å²) in [4.78, 5) is 27.0. The molecule has 9 heteroatoms. The van der Waals surface area contributed by atoms with Crippen LogP contribution in [0.15, 0.2) is 36.4 Å². The van der Waals surface area contributed by atoms with E-state index in [0.717, 1.165) is 16.7 Å². The average molecular weight is 538 g/mol. The van der Waals surface area contributed by atoms with Crippen LogP contribution in [0.3, 0.4) is 0 Å². The third-order valence-electron chi connectivity index (χ3n) is 7.57. The minimum Gasteiger partial charge on any atom is -0.355 e. The van der Waals surface area contributed by atoms with Crippen molar-refractivity contribution in [3.05, 3.63) is 69.2 Å². The Morgan fingerprint density at radius 1 is 1.08 bits per heavy atom. The SMILES string of the molecule is CNC(=O)c1cc(C)c(CC(CNC(=O)CC(c2ccc(Cl)cc2)C2(C(F)(F)F)CC2)N(C)C)c(C)c1. The number of hydrogen-bond donors (Lipinski definition) is 2. The highest BCUT2D eigenvalue weighted by Crippen LogP contribution is 2.66. The Kier molecular flexibility index (Phi) is 8.96. The summed E-state index contributed by atoms with van der Waals surface area (Å²) in [7, 11) is 5.39. The first-order valence-corrected chi connectivity index (χ1v) is 12.7. The molecule has 2 aromatic carbocycles. The van der Waals surface area contributed by atoms with E-state index in [4.69, 9.17) is 11.6 Å². The maximum atomic E-state index is 14.0. The standard InChI is InChI=1S/C28H35ClF3N3O2/c1-17-12-20(26(37)33-3)13-18(2)23(17)14-22(35(4)5)16-34-25(36)15-24(19-6-8-21(29)9-7-19)27(10-11-27)28(30,31)32/h6-9,12-13,22,24H,10-11,14-16H2,1-5H3,(H,33,37)(H,34,36). The number of carbonyl (C=O) groups is 2. The van der Waals surface area contributed by atoms with Crippen molar-refractivity contribution in [2.24, 2.45) is 5.41 Å². The van der Waals surface area contributed by atoms with Crippen LogP contribution in [0.4, 0.5) is 13.2 Å². The van der Waals surface area contributed by atoms with Gasteiger partial charge in [-0.2, -0.15) is 13.2 Å². The average Bonchev–Trinajstić information content (AvgIpc) is 3.63. The molecule has 0 heterocycles. The zero-order chi connectivity index (χ0) is 27.5. The molecule has 3 rings (SSSR count). The second-order valence-electron chi connectivity index (χ2n) is 10.3. The molecule has 2 atom stereocenters. The van der Waals surface area contributed by atoms with Gasteiger partial charge < -0.3 is 15.5 Å². The van der Waals surface area contributed by atoms with Gasteiger partial charge in [0.25, 0.3) is 5.91 Å². The van der Waals surface area contributed by atoms with Gasteiger partial charge in [0.05, 0.1) is 5.41 Å². The van der Waals surface area contributed by atoms with Crippen LogP contribution in [0.1, 0.15) is 57.8 Å². The monoisotopic (exact) mass is 537 g/mol. The summed E-state index contributed by atoms with van der Waals surface area (Å²) < 4.78 is 42.0. The quantitative estimate of drug-likeness (QED) is 0.425. The second-order valence-corrected chi connectivity index (χ2v) is 10.7. The number of nitrogens with one attached hydrogen (secondary N) is 2. The van der Waals surface area contributed by atoms with Crippen LogP contribution >= 0.6 is 11.6 Å². The summed E-state index contributed by atoms with van der Waals surface area (Å²) >= 11 is 5.95. The molecule has 1 saturated carbocycles. The molecule has 37 heavy (non-hydrogen) atoms. The number of halogens is 4. The van der Waals surface area contributed by atoms with Crippen molar-refractivity contribution in [1.29, 1.82) is 0 Å². The zero-order valence-corrected chi connectivity index (χ0v) is 22.7. The molecule has 1 aliphatic rings. The number of nitrogens with zero attached hydrogens (tertiary/aromatic N) is 1. The number of carbonyl (C=O) groups excluding carboxylic acids is 2. The molecular formula is C28H35ClF3N3O2. The van der Waals surface area contributed by atoms with Gasteiger partial charge in [0, 0.05) is 42.6 Å². The summed E-state index contributed by atoms with van der Waals surface area (Å²) in [6.07, 6.45) is -3.99. The maximum Gasteiger partial charge on any atom is 0.395 e. The first kappa shape index (κ1) is 29.0. The molecule has 2 aromatic rings. The fourth-order valence-corrected chi connectivity index (χ4v) is 5.17. The number of amides is 2. The molecule has 1 aliphatic carbocycles. The third kappa shape index (κ3) is 6.65. The molecular weight excluding hydrogens is 503 g/mol. The predicted octanol–water partition coefficient (Wildman–Crippen LogP) is 5.42. The number of alkyl halides is 3. The van der Waals surface area contributed by atoms with E-state index >= 15 is 0 Å². The lowest BCUT2D eigenvalue weighted by atomic mass is 9.80. The maximum absolute atomic E-state index is 14.0. The highest BCUT2D eigenvalue weighted by atomic mass is 35.5. The molecule has 0 saturated heterocycles. The van der Waals surface area contributed by atoms with E-state index < -0.39 is 23.4 Å². The highest BCUT2D eigenvalue weighted by molar-refractivity contribution is 6.30. The summed E-state index contributed by atoms with van der Waals surface area (Å²) in [6, 6.07) is 9.90. The van der Waals surface area contributed by atoms with E-state index in [1.165, 1.54) is 0 Å². The van der Waals surface area contributed by atoms with Gasteiger partial charge in [-0.1, -0.05) is 23.7 Å². The molecule has 0 spiro atoms. The molecule has 2 amide bonds. The van der Waals surface area contributed by atoms with Crippen LogP contribution in [-0.4, -0.2) is 56.6 Å². The Morgan fingerprint density at radius 3 is 2.11 bits per heavy atom. The molecule has 0 radical (unpaired) electrons. The molecule has 2 N–H and O–H groups in total. The van der Waals surface area contributed by atoms with Gasteiger partial charge in [-0.15, -0.1) is 0 Å². The molecule has 202 valence electrons. The fourth-order valence-electron chi connectivity index (χ4n) is 5.04. The third-order valence-corrected chi connectivity index (χ3v) is 7.82. The summed E-state index contributed by atoms with van der Waals surface area (Å²) in [5.41, 5.74) is 2.21. The van der Waals surface area contributed by atoms with Crippen molar-refractivity contribution in [3.8, 4) is 0 Å².